The van der Waals surface area contributed by atoms with Gasteiger partial charge >= 0.3 is 6.18 Å². The molecule has 1 aromatic carbocycles. The Labute approximate surface area is 262 Å². The van der Waals surface area contributed by atoms with Gasteiger partial charge in [-0.25, -0.2) is 19.6 Å². The molecule has 6 rings (SSSR count). The van der Waals surface area contributed by atoms with Gasteiger partial charge in [-0.2, -0.15) is 22.8 Å². The zero-order valence-corrected chi connectivity index (χ0v) is 25.7. The first kappa shape index (κ1) is 31.0. The highest BCUT2D eigenvalue weighted by Crippen LogP contribution is 2.55. The molecule has 0 unspecified atom stereocenters. The van der Waals surface area contributed by atoms with Crippen LogP contribution in [0.4, 0.5) is 23.2 Å². The summed E-state index contributed by atoms with van der Waals surface area (Å²) < 4.78 is 56.9. The van der Waals surface area contributed by atoms with Crippen molar-refractivity contribution in [2.75, 3.05) is 11.9 Å². The first-order chi connectivity index (χ1) is 21.8. The topological polar surface area (TPSA) is 118 Å². The van der Waals surface area contributed by atoms with Gasteiger partial charge in [0.2, 0.25) is 5.95 Å². The van der Waals surface area contributed by atoms with Crippen LogP contribution in [0, 0.1) is 29.6 Å². The predicted octanol–water partition coefficient (Wildman–Crippen LogP) is 6.88. The molecule has 1 aliphatic rings. The van der Waals surface area contributed by atoms with Crippen molar-refractivity contribution < 1.29 is 17.6 Å². The molecule has 5 aromatic rings. The monoisotopic (exact) mass is 629 g/mol. The summed E-state index contributed by atoms with van der Waals surface area (Å²) in [4.78, 5) is 17.0. The molecule has 4 heterocycles. The number of benzene rings is 1. The molecule has 1 saturated carbocycles. The minimum absolute atomic E-state index is 0.0765. The second-order valence-corrected chi connectivity index (χ2v) is 12.9. The van der Waals surface area contributed by atoms with Crippen LogP contribution in [0.1, 0.15) is 67.6 Å². The number of aryl methyl sites for hydroxylation is 1. The molecular weight excluding hydrogens is 598 g/mol. The van der Waals surface area contributed by atoms with E-state index in [0.717, 1.165) is 10.2 Å². The molecule has 13 heteroatoms. The average molecular weight is 630 g/mol. The van der Waals surface area contributed by atoms with Crippen molar-refractivity contribution in [1.29, 1.82) is 5.26 Å². The van der Waals surface area contributed by atoms with E-state index in [-0.39, 0.29) is 24.7 Å². The summed E-state index contributed by atoms with van der Waals surface area (Å²) in [5.74, 6) is -1.29. The van der Waals surface area contributed by atoms with Gasteiger partial charge in [-0.15, -0.1) is 5.10 Å². The number of aromatic nitrogens is 7. The zero-order valence-electron chi connectivity index (χ0n) is 25.7. The molecule has 46 heavy (non-hydrogen) atoms. The van der Waals surface area contributed by atoms with Crippen molar-refractivity contribution in [1.82, 2.24) is 34.9 Å². The molecule has 1 atom stereocenters. The number of nitrogens with one attached hydrogen (secondary N) is 1. The number of anilines is 1. The molecule has 0 aliphatic heterocycles. The van der Waals surface area contributed by atoms with Crippen molar-refractivity contribution in [3.05, 3.63) is 89.4 Å². The second kappa shape index (κ2) is 11.4. The highest BCUT2D eigenvalue weighted by Gasteiger charge is 2.66. The number of pyridine rings is 2. The molecule has 236 valence electrons. The Kier molecular flexibility index (Phi) is 7.70. The van der Waals surface area contributed by atoms with Crippen molar-refractivity contribution >= 4 is 16.6 Å². The SMILES string of the molecule is Cc1nc(F)ccc1[C@H](Cc1cc(-c2cncnc2)c2ncc(C#N)c(NCC(C)(C)C)c2c1)c1cn(C2(C(F)(F)F)CC2)nn1. The molecule has 4 aromatic heterocycles. The van der Waals surface area contributed by atoms with Gasteiger partial charge in [0.15, 0.2) is 5.54 Å². The Morgan fingerprint density at radius 2 is 1.83 bits per heavy atom. The van der Waals surface area contributed by atoms with E-state index in [1.807, 2.05) is 12.1 Å². The van der Waals surface area contributed by atoms with Crippen molar-refractivity contribution in [3.63, 3.8) is 0 Å². The van der Waals surface area contributed by atoms with Gasteiger partial charge in [0.1, 0.15) is 12.4 Å². The summed E-state index contributed by atoms with van der Waals surface area (Å²) in [6.45, 7) is 8.46. The Morgan fingerprint density at radius 3 is 2.46 bits per heavy atom. The number of fused-ring (bicyclic) bond motifs is 1. The Morgan fingerprint density at radius 1 is 1.09 bits per heavy atom. The number of hydrogen-bond acceptors (Lipinski definition) is 8. The minimum atomic E-state index is -4.48. The van der Waals surface area contributed by atoms with Crippen LogP contribution in [-0.4, -0.2) is 47.7 Å². The van der Waals surface area contributed by atoms with Gasteiger partial charge in [0, 0.05) is 53.3 Å². The van der Waals surface area contributed by atoms with Crippen molar-refractivity contribution in [2.24, 2.45) is 5.41 Å². The Bertz CT molecular complexity index is 1950. The lowest BCUT2D eigenvalue weighted by molar-refractivity contribution is -0.182. The standard InChI is InChI=1S/C33H31F4N9/c1-19-23(5-6-28(34)43-19)25(27-16-46(45-44-27)32(7-8-32)33(35,36)37)10-20-9-24(22-13-39-18-40-14-22)30-26(11-20)29(21(12-38)15-41-30)42-17-31(2,3)4/h5-6,9,11,13-16,18,25H,7-8,10,17H2,1-4H3,(H,41,42)/t25-/m0/s1. The second-order valence-electron chi connectivity index (χ2n) is 12.9. The predicted molar refractivity (Wildman–Crippen MR) is 163 cm³/mol. The normalized spacial score (nSPS) is 15.0. The maximum absolute atomic E-state index is 14.1. The number of hydrogen-bond donors (Lipinski definition) is 1. The van der Waals surface area contributed by atoms with Gasteiger partial charge in [-0.1, -0.05) is 32.1 Å². The molecule has 0 radical (unpaired) electrons. The van der Waals surface area contributed by atoms with Gasteiger partial charge in [0.25, 0.3) is 0 Å². The van der Waals surface area contributed by atoms with E-state index in [1.165, 1.54) is 24.8 Å². The van der Waals surface area contributed by atoms with Crippen LogP contribution in [0.5, 0.6) is 0 Å². The lowest BCUT2D eigenvalue weighted by Crippen LogP contribution is -2.35. The van der Waals surface area contributed by atoms with Gasteiger partial charge in [0.05, 0.1) is 28.7 Å². The van der Waals surface area contributed by atoms with Crippen LogP contribution in [0.3, 0.4) is 0 Å². The van der Waals surface area contributed by atoms with Crippen LogP contribution < -0.4 is 5.32 Å². The van der Waals surface area contributed by atoms with Gasteiger partial charge < -0.3 is 5.32 Å². The third kappa shape index (κ3) is 5.87. The van der Waals surface area contributed by atoms with E-state index in [0.29, 0.717) is 56.8 Å². The highest BCUT2D eigenvalue weighted by molar-refractivity contribution is 6.02. The summed E-state index contributed by atoms with van der Waals surface area (Å²) in [6.07, 6.45) is 3.24. The lowest BCUT2D eigenvalue weighted by atomic mass is 9.87. The summed E-state index contributed by atoms with van der Waals surface area (Å²) >= 11 is 0. The van der Waals surface area contributed by atoms with Crippen LogP contribution >= 0.6 is 0 Å². The van der Waals surface area contributed by atoms with E-state index < -0.39 is 23.6 Å². The molecule has 1 fully saturated rings. The van der Waals surface area contributed by atoms with Crippen LogP contribution in [-0.2, 0) is 12.0 Å². The molecule has 1 aliphatic carbocycles. The maximum atomic E-state index is 14.1. The quantitative estimate of drug-likeness (QED) is 0.146. The Hall–Kier alpha value is -4.99. The van der Waals surface area contributed by atoms with E-state index >= 15 is 0 Å². The zero-order chi connectivity index (χ0) is 32.9. The summed E-state index contributed by atoms with van der Waals surface area (Å²) in [7, 11) is 0. The van der Waals surface area contributed by atoms with Crippen LogP contribution in [0.25, 0.3) is 22.0 Å². The number of nitriles is 1. The highest BCUT2D eigenvalue weighted by atomic mass is 19.4. The molecule has 1 N–H and O–H groups in total. The molecule has 0 spiro atoms. The Balaban J connectivity index is 1.53. The third-order valence-electron chi connectivity index (χ3n) is 8.28. The first-order valence-electron chi connectivity index (χ1n) is 14.8. The molecular formula is C33H31F4N9. The summed E-state index contributed by atoms with van der Waals surface area (Å²) in [5.41, 5.74) is 2.88. The number of rotatable bonds is 8. The molecule has 0 saturated heterocycles. The third-order valence-corrected chi connectivity index (χ3v) is 8.28. The number of nitrogens with zero attached hydrogens (tertiary/aromatic N) is 8. The smallest absolute Gasteiger partial charge is 0.383 e. The van der Waals surface area contributed by atoms with Crippen molar-refractivity contribution in [2.45, 2.75) is 64.6 Å². The fraction of sp³-hybridized carbons (Fsp3) is 0.364. The van der Waals surface area contributed by atoms with E-state index in [1.54, 1.807) is 25.4 Å². The number of halogens is 4. The molecule has 0 amide bonds. The van der Waals surface area contributed by atoms with E-state index in [2.05, 4.69) is 62.4 Å². The maximum Gasteiger partial charge on any atom is 0.413 e. The fourth-order valence-corrected chi connectivity index (χ4v) is 5.69. The minimum Gasteiger partial charge on any atom is -0.383 e. The van der Waals surface area contributed by atoms with Crippen LogP contribution in [0.2, 0.25) is 0 Å². The average Bonchev–Trinajstić information content (AvgIpc) is 3.69. The number of alkyl halides is 3. The first-order valence-corrected chi connectivity index (χ1v) is 14.8. The van der Waals surface area contributed by atoms with E-state index in [9.17, 15) is 22.8 Å². The summed E-state index contributed by atoms with van der Waals surface area (Å²) in [6, 6.07) is 8.89. The lowest BCUT2D eigenvalue weighted by Gasteiger charge is -2.22. The van der Waals surface area contributed by atoms with Crippen LogP contribution in [0.15, 0.2) is 55.4 Å². The van der Waals surface area contributed by atoms with Gasteiger partial charge in [-0.3, -0.25) is 4.98 Å². The van der Waals surface area contributed by atoms with Crippen molar-refractivity contribution in [3.8, 4) is 17.2 Å². The van der Waals surface area contributed by atoms with E-state index in [4.69, 9.17) is 0 Å². The fourth-order valence-electron chi connectivity index (χ4n) is 5.69. The summed E-state index contributed by atoms with van der Waals surface area (Å²) in [5, 5.41) is 22.3. The largest absolute Gasteiger partial charge is 0.413 e. The van der Waals surface area contributed by atoms with Gasteiger partial charge in [-0.05, 0) is 60.9 Å². The molecule has 0 bridgehead atoms. The molecule has 9 nitrogen and oxygen atoms in total.